The van der Waals surface area contributed by atoms with Crippen LogP contribution in [0.5, 0.6) is 0 Å². The van der Waals surface area contributed by atoms with Gasteiger partial charge in [-0.25, -0.2) is 4.98 Å². The van der Waals surface area contributed by atoms with Crippen molar-refractivity contribution >= 4 is 0 Å². The summed E-state index contributed by atoms with van der Waals surface area (Å²) in [7, 11) is 0. The van der Waals surface area contributed by atoms with Crippen LogP contribution in [0.15, 0.2) is 10.7 Å². The number of nitrogens with two attached hydrogens (primary N) is 1. The fourth-order valence-corrected chi connectivity index (χ4v) is 2.09. The number of nitrogens with zero attached hydrogens (tertiary/aromatic N) is 3. The van der Waals surface area contributed by atoms with E-state index in [9.17, 15) is 0 Å². The van der Waals surface area contributed by atoms with Crippen LogP contribution in [-0.2, 0) is 16.9 Å². The van der Waals surface area contributed by atoms with Gasteiger partial charge in [-0.1, -0.05) is 5.16 Å². The Balaban J connectivity index is 1.77. The number of nitrogens with one attached hydrogen (secondary N) is 1. The predicted octanol–water partition coefficient (Wildman–Crippen LogP) is 1.33. The van der Waals surface area contributed by atoms with Gasteiger partial charge in [-0.2, -0.15) is 4.98 Å². The Bertz CT molecular complexity index is 558. The third kappa shape index (κ3) is 2.26. The molecule has 0 aliphatic heterocycles. The number of hydrogen-bond donors (Lipinski definition) is 2. The smallest absolute Gasteiger partial charge is 0.276 e. The molecule has 1 fully saturated rings. The first-order chi connectivity index (χ1) is 9.21. The summed E-state index contributed by atoms with van der Waals surface area (Å²) >= 11 is 0. The van der Waals surface area contributed by atoms with Gasteiger partial charge in [-0.05, 0) is 26.2 Å². The lowest BCUT2D eigenvalue weighted by Crippen LogP contribution is -2.44. The maximum absolute atomic E-state index is 6.21. The van der Waals surface area contributed by atoms with E-state index in [1.165, 1.54) is 0 Å². The minimum Gasteiger partial charge on any atom is -0.374 e. The van der Waals surface area contributed by atoms with Gasteiger partial charge in [0.15, 0.2) is 5.82 Å². The number of ether oxygens (including phenoxy) is 1. The zero-order valence-corrected chi connectivity index (χ0v) is 10.8. The van der Waals surface area contributed by atoms with E-state index < -0.39 is 0 Å². The summed E-state index contributed by atoms with van der Waals surface area (Å²) in [5.41, 5.74) is 6.59. The Morgan fingerprint density at radius 1 is 1.53 bits per heavy atom. The SMILES string of the molecule is CCOCc1noc(-c2cnc(C3(N)CCC3)[nH]2)n1. The van der Waals surface area contributed by atoms with E-state index in [4.69, 9.17) is 15.0 Å². The van der Waals surface area contributed by atoms with E-state index in [0.717, 1.165) is 25.1 Å². The van der Waals surface area contributed by atoms with Gasteiger partial charge in [0, 0.05) is 6.61 Å². The lowest BCUT2D eigenvalue weighted by atomic mass is 9.77. The molecular weight excluding hydrogens is 246 g/mol. The van der Waals surface area contributed by atoms with E-state index in [0.29, 0.717) is 30.6 Å². The molecule has 1 aliphatic carbocycles. The Labute approximate surface area is 110 Å². The van der Waals surface area contributed by atoms with Gasteiger partial charge in [-0.15, -0.1) is 0 Å². The van der Waals surface area contributed by atoms with Crippen LogP contribution >= 0.6 is 0 Å². The third-order valence-electron chi connectivity index (χ3n) is 3.43. The molecule has 1 aliphatic rings. The average Bonchev–Trinajstić information content (AvgIpc) is 3.02. The molecular formula is C12H17N5O2. The normalized spacial score (nSPS) is 17.4. The first-order valence-corrected chi connectivity index (χ1v) is 6.46. The van der Waals surface area contributed by atoms with E-state index in [2.05, 4.69) is 20.1 Å². The predicted molar refractivity (Wildman–Crippen MR) is 66.9 cm³/mol. The summed E-state index contributed by atoms with van der Waals surface area (Å²) < 4.78 is 10.4. The Hall–Kier alpha value is -1.73. The van der Waals surface area contributed by atoms with Gasteiger partial charge in [0.1, 0.15) is 18.1 Å². The molecule has 0 aromatic carbocycles. The van der Waals surface area contributed by atoms with E-state index in [1.54, 1.807) is 6.20 Å². The molecule has 2 aromatic heterocycles. The fourth-order valence-electron chi connectivity index (χ4n) is 2.09. The highest BCUT2D eigenvalue weighted by atomic mass is 16.5. The van der Waals surface area contributed by atoms with Crippen LogP contribution in [-0.4, -0.2) is 26.7 Å². The third-order valence-corrected chi connectivity index (χ3v) is 3.43. The molecule has 0 saturated heterocycles. The molecule has 3 N–H and O–H groups in total. The fraction of sp³-hybridized carbons (Fsp3) is 0.583. The molecule has 0 amide bonds. The highest BCUT2D eigenvalue weighted by Crippen LogP contribution is 2.37. The Kier molecular flexibility index (Phi) is 3.08. The van der Waals surface area contributed by atoms with Crippen molar-refractivity contribution in [2.24, 2.45) is 5.73 Å². The summed E-state index contributed by atoms with van der Waals surface area (Å²) in [6.45, 7) is 2.89. The van der Waals surface area contributed by atoms with Crippen molar-refractivity contribution in [2.45, 2.75) is 38.3 Å². The van der Waals surface area contributed by atoms with E-state index in [-0.39, 0.29) is 5.54 Å². The second kappa shape index (κ2) is 4.75. The molecule has 102 valence electrons. The molecule has 1 saturated carbocycles. The van der Waals surface area contributed by atoms with Crippen molar-refractivity contribution < 1.29 is 9.26 Å². The first-order valence-electron chi connectivity index (χ1n) is 6.46. The minimum absolute atomic E-state index is 0.313. The van der Waals surface area contributed by atoms with Crippen LogP contribution in [0.2, 0.25) is 0 Å². The number of aromatic nitrogens is 4. The van der Waals surface area contributed by atoms with Crippen LogP contribution in [0.25, 0.3) is 11.6 Å². The molecule has 2 aromatic rings. The van der Waals surface area contributed by atoms with Gasteiger partial charge < -0.3 is 20.0 Å². The summed E-state index contributed by atoms with van der Waals surface area (Å²) in [6, 6.07) is 0. The maximum atomic E-state index is 6.21. The van der Waals surface area contributed by atoms with Gasteiger partial charge in [-0.3, -0.25) is 0 Å². The molecule has 0 radical (unpaired) electrons. The second-order valence-corrected chi connectivity index (χ2v) is 4.81. The number of hydrogen-bond acceptors (Lipinski definition) is 6. The highest BCUT2D eigenvalue weighted by molar-refractivity contribution is 5.45. The summed E-state index contributed by atoms with van der Waals surface area (Å²) in [5, 5.41) is 3.85. The van der Waals surface area contributed by atoms with Gasteiger partial charge in [0.05, 0.1) is 11.7 Å². The van der Waals surface area contributed by atoms with Gasteiger partial charge >= 0.3 is 0 Å². The summed E-state index contributed by atoms with van der Waals surface area (Å²) in [5.74, 6) is 1.73. The van der Waals surface area contributed by atoms with Crippen LogP contribution in [0.1, 0.15) is 37.8 Å². The number of aromatic amines is 1. The lowest BCUT2D eigenvalue weighted by molar-refractivity contribution is 0.126. The van der Waals surface area contributed by atoms with Crippen molar-refractivity contribution in [3.8, 4) is 11.6 Å². The zero-order chi connectivity index (χ0) is 13.3. The molecule has 0 spiro atoms. The second-order valence-electron chi connectivity index (χ2n) is 4.81. The highest BCUT2D eigenvalue weighted by Gasteiger charge is 2.37. The van der Waals surface area contributed by atoms with Crippen molar-refractivity contribution in [3.05, 3.63) is 17.8 Å². The Morgan fingerprint density at radius 3 is 3.05 bits per heavy atom. The molecule has 0 atom stereocenters. The monoisotopic (exact) mass is 263 g/mol. The van der Waals surface area contributed by atoms with Crippen LogP contribution in [0, 0.1) is 0 Å². The number of imidazole rings is 1. The van der Waals surface area contributed by atoms with Crippen LogP contribution < -0.4 is 5.73 Å². The number of rotatable bonds is 5. The quantitative estimate of drug-likeness (QED) is 0.843. The van der Waals surface area contributed by atoms with Crippen LogP contribution in [0.3, 0.4) is 0 Å². The van der Waals surface area contributed by atoms with Crippen molar-refractivity contribution in [2.75, 3.05) is 6.61 Å². The van der Waals surface area contributed by atoms with Gasteiger partial charge in [0.2, 0.25) is 0 Å². The van der Waals surface area contributed by atoms with Gasteiger partial charge in [0.25, 0.3) is 5.89 Å². The topological polar surface area (TPSA) is 103 Å². The van der Waals surface area contributed by atoms with Crippen LogP contribution in [0.4, 0.5) is 0 Å². The van der Waals surface area contributed by atoms with Crippen molar-refractivity contribution in [1.29, 1.82) is 0 Å². The molecule has 0 bridgehead atoms. The largest absolute Gasteiger partial charge is 0.374 e. The van der Waals surface area contributed by atoms with E-state index in [1.807, 2.05) is 6.92 Å². The molecule has 7 nitrogen and oxygen atoms in total. The van der Waals surface area contributed by atoms with E-state index >= 15 is 0 Å². The standard InChI is InChI=1S/C12H17N5O2/c1-2-18-7-9-16-10(19-17-9)8-6-14-11(15-8)12(13)4-3-5-12/h6H,2-5,7,13H2,1H3,(H,14,15). The molecule has 3 rings (SSSR count). The molecule has 19 heavy (non-hydrogen) atoms. The lowest BCUT2D eigenvalue weighted by Gasteiger charge is -2.35. The maximum Gasteiger partial charge on any atom is 0.276 e. The van der Waals surface area contributed by atoms with Crippen molar-refractivity contribution in [1.82, 2.24) is 20.1 Å². The van der Waals surface area contributed by atoms with Crippen molar-refractivity contribution in [3.63, 3.8) is 0 Å². The summed E-state index contributed by atoms with van der Waals surface area (Å²) in [4.78, 5) is 11.7. The molecule has 2 heterocycles. The first kappa shape index (κ1) is 12.3. The molecule has 0 unspecified atom stereocenters. The minimum atomic E-state index is -0.313. The average molecular weight is 263 g/mol. The summed E-state index contributed by atoms with van der Waals surface area (Å²) in [6.07, 6.45) is 4.74. The molecule has 7 heteroatoms. The zero-order valence-electron chi connectivity index (χ0n) is 10.8. The number of H-pyrrole nitrogens is 1. The Morgan fingerprint density at radius 2 is 2.37 bits per heavy atom.